The van der Waals surface area contributed by atoms with Crippen molar-refractivity contribution in [1.29, 1.82) is 0 Å². The lowest BCUT2D eigenvalue weighted by Gasteiger charge is -2.05. The Kier molecular flexibility index (Phi) is 5.09. The number of carbonyl (C=O) groups excluding carboxylic acids is 2. The Morgan fingerprint density at radius 2 is 2.08 bits per heavy atom. The van der Waals surface area contributed by atoms with Gasteiger partial charge in [0.15, 0.2) is 0 Å². The molecule has 6 nitrogen and oxygen atoms in total. The minimum atomic E-state index is -0.558. The third kappa shape index (κ3) is 6.67. The molecule has 0 aliphatic rings. The maximum Gasteiger partial charge on any atom is 0.334 e. The Bertz CT molecular complexity index is 225. The topological polar surface area (TPSA) is 93.4 Å². The second kappa shape index (κ2) is 5.87. The average Bonchev–Trinajstić information content (AvgIpc) is 2.01. The molecule has 0 spiro atoms. The molecule has 0 atom stereocenters. The number of rotatable bonds is 4. The number of hydrogen-bond donors (Lipinski definition) is 3. The van der Waals surface area contributed by atoms with Crippen molar-refractivity contribution in [3.8, 4) is 0 Å². The molecule has 0 aromatic rings. The van der Waals surface area contributed by atoms with E-state index in [0.717, 1.165) is 6.08 Å². The van der Waals surface area contributed by atoms with Crippen molar-refractivity contribution in [2.45, 2.75) is 13.8 Å². The number of hydrogen-bond acceptors (Lipinski definition) is 5. The minimum absolute atomic E-state index is 0.0219. The van der Waals surface area contributed by atoms with Gasteiger partial charge in [-0.2, -0.15) is 0 Å². The van der Waals surface area contributed by atoms with E-state index >= 15 is 0 Å². The van der Waals surface area contributed by atoms with Crippen LogP contribution in [0.15, 0.2) is 11.9 Å². The SMILES string of the molecule is CCOC(=O)C=C(N)NNC(C)=O. The molecule has 0 unspecified atom stereocenters. The molecule has 0 bridgehead atoms. The predicted molar refractivity (Wildman–Crippen MR) is 45.9 cm³/mol. The smallest absolute Gasteiger partial charge is 0.334 e. The van der Waals surface area contributed by atoms with Gasteiger partial charge in [-0.05, 0) is 6.92 Å². The lowest BCUT2D eigenvalue weighted by Crippen LogP contribution is -2.38. The van der Waals surface area contributed by atoms with Crippen molar-refractivity contribution in [2.24, 2.45) is 5.73 Å². The van der Waals surface area contributed by atoms with Crippen LogP contribution in [0.4, 0.5) is 0 Å². The first kappa shape index (κ1) is 11.3. The first-order chi connectivity index (χ1) is 6.06. The maximum absolute atomic E-state index is 10.8. The largest absolute Gasteiger partial charge is 0.463 e. The Morgan fingerprint density at radius 1 is 1.46 bits per heavy atom. The summed E-state index contributed by atoms with van der Waals surface area (Å²) in [5, 5.41) is 0. The molecule has 13 heavy (non-hydrogen) atoms. The summed E-state index contributed by atoms with van der Waals surface area (Å²) in [7, 11) is 0. The molecule has 0 aliphatic heterocycles. The van der Waals surface area contributed by atoms with Gasteiger partial charge >= 0.3 is 5.97 Å². The Morgan fingerprint density at radius 3 is 2.54 bits per heavy atom. The van der Waals surface area contributed by atoms with Crippen LogP contribution in [0.25, 0.3) is 0 Å². The van der Waals surface area contributed by atoms with E-state index in [1.165, 1.54) is 6.92 Å². The number of ether oxygens (including phenoxy) is 1. The Balaban J connectivity index is 3.87. The summed E-state index contributed by atoms with van der Waals surface area (Å²) < 4.78 is 4.57. The zero-order valence-electron chi connectivity index (χ0n) is 7.59. The van der Waals surface area contributed by atoms with Crippen LogP contribution in [-0.4, -0.2) is 18.5 Å². The van der Waals surface area contributed by atoms with Gasteiger partial charge in [-0.3, -0.25) is 15.6 Å². The van der Waals surface area contributed by atoms with E-state index in [2.05, 4.69) is 15.6 Å². The molecule has 0 radical (unpaired) electrons. The van der Waals surface area contributed by atoms with Crippen LogP contribution in [0.3, 0.4) is 0 Å². The van der Waals surface area contributed by atoms with E-state index in [1.54, 1.807) is 6.92 Å². The van der Waals surface area contributed by atoms with Crippen LogP contribution in [0.5, 0.6) is 0 Å². The molecule has 0 heterocycles. The zero-order valence-corrected chi connectivity index (χ0v) is 7.59. The molecule has 1 amide bonds. The Hall–Kier alpha value is -1.72. The van der Waals surface area contributed by atoms with Crippen molar-refractivity contribution in [3.63, 3.8) is 0 Å². The summed E-state index contributed by atoms with van der Waals surface area (Å²) in [6.07, 6.45) is 1.04. The third-order valence-electron chi connectivity index (χ3n) is 0.943. The zero-order chi connectivity index (χ0) is 10.3. The van der Waals surface area contributed by atoms with Crippen LogP contribution in [0.2, 0.25) is 0 Å². The molecule has 0 aromatic heterocycles. The van der Waals surface area contributed by atoms with Crippen LogP contribution in [0.1, 0.15) is 13.8 Å². The quantitative estimate of drug-likeness (QED) is 0.298. The lowest BCUT2D eigenvalue weighted by atomic mass is 10.5. The lowest BCUT2D eigenvalue weighted by molar-refractivity contribution is -0.137. The molecule has 0 aromatic carbocycles. The van der Waals surface area contributed by atoms with Crippen molar-refractivity contribution in [2.75, 3.05) is 6.61 Å². The van der Waals surface area contributed by atoms with E-state index in [9.17, 15) is 9.59 Å². The summed E-state index contributed by atoms with van der Waals surface area (Å²) in [5.41, 5.74) is 9.80. The highest BCUT2D eigenvalue weighted by molar-refractivity contribution is 5.82. The van der Waals surface area contributed by atoms with Gasteiger partial charge in [0.1, 0.15) is 5.82 Å². The van der Waals surface area contributed by atoms with Gasteiger partial charge in [0, 0.05) is 6.92 Å². The predicted octanol–water partition coefficient (Wildman–Crippen LogP) is -1.01. The third-order valence-corrected chi connectivity index (χ3v) is 0.943. The molecule has 0 aliphatic carbocycles. The van der Waals surface area contributed by atoms with Crippen molar-refractivity contribution in [1.82, 2.24) is 10.9 Å². The summed E-state index contributed by atoms with van der Waals surface area (Å²) in [4.78, 5) is 21.2. The molecule has 74 valence electrons. The standard InChI is InChI=1S/C7H13N3O3/c1-3-13-7(12)4-6(8)10-9-5(2)11/h4,10H,3,8H2,1-2H3,(H,9,11). The number of carbonyl (C=O) groups is 2. The number of amides is 1. The summed E-state index contributed by atoms with van der Waals surface area (Å²) in [6, 6.07) is 0. The molecule has 0 fully saturated rings. The minimum Gasteiger partial charge on any atom is -0.463 e. The first-order valence-corrected chi connectivity index (χ1v) is 3.72. The fourth-order valence-electron chi connectivity index (χ4n) is 0.507. The monoisotopic (exact) mass is 187 g/mol. The van der Waals surface area contributed by atoms with Crippen LogP contribution in [0, 0.1) is 0 Å². The molecular weight excluding hydrogens is 174 g/mol. The Labute approximate surface area is 76.1 Å². The summed E-state index contributed by atoms with van der Waals surface area (Å²) in [5.74, 6) is -0.841. The van der Waals surface area contributed by atoms with Gasteiger partial charge in [-0.1, -0.05) is 0 Å². The van der Waals surface area contributed by atoms with Gasteiger partial charge in [-0.25, -0.2) is 4.79 Å². The highest BCUT2D eigenvalue weighted by Gasteiger charge is 1.98. The highest BCUT2D eigenvalue weighted by Crippen LogP contribution is 1.82. The molecule has 0 saturated carbocycles. The average molecular weight is 187 g/mol. The molecule has 4 N–H and O–H groups in total. The van der Waals surface area contributed by atoms with E-state index in [4.69, 9.17) is 5.73 Å². The highest BCUT2D eigenvalue weighted by atomic mass is 16.5. The molecule has 6 heteroatoms. The summed E-state index contributed by atoms with van der Waals surface area (Å²) >= 11 is 0. The second-order valence-electron chi connectivity index (χ2n) is 2.16. The fraction of sp³-hybridized carbons (Fsp3) is 0.429. The van der Waals surface area contributed by atoms with Gasteiger partial charge < -0.3 is 10.5 Å². The van der Waals surface area contributed by atoms with Crippen LogP contribution >= 0.6 is 0 Å². The van der Waals surface area contributed by atoms with Gasteiger partial charge in [0.05, 0.1) is 12.7 Å². The number of hydrazine groups is 1. The van der Waals surface area contributed by atoms with Crippen molar-refractivity contribution in [3.05, 3.63) is 11.9 Å². The van der Waals surface area contributed by atoms with E-state index in [1.807, 2.05) is 0 Å². The number of esters is 1. The molecule has 0 saturated heterocycles. The van der Waals surface area contributed by atoms with Crippen molar-refractivity contribution < 1.29 is 14.3 Å². The molecular formula is C7H13N3O3. The molecule has 0 rings (SSSR count). The number of nitrogens with two attached hydrogens (primary N) is 1. The van der Waals surface area contributed by atoms with Gasteiger partial charge in [0.2, 0.25) is 5.91 Å². The van der Waals surface area contributed by atoms with Crippen LogP contribution in [-0.2, 0) is 14.3 Å². The van der Waals surface area contributed by atoms with E-state index < -0.39 is 5.97 Å². The second-order valence-corrected chi connectivity index (χ2v) is 2.16. The van der Waals surface area contributed by atoms with Gasteiger partial charge in [-0.15, -0.1) is 0 Å². The maximum atomic E-state index is 10.8. The normalized spacial score (nSPS) is 10.5. The van der Waals surface area contributed by atoms with E-state index in [-0.39, 0.29) is 18.3 Å². The fourth-order valence-corrected chi connectivity index (χ4v) is 0.507. The van der Waals surface area contributed by atoms with E-state index in [0.29, 0.717) is 0 Å². The number of nitrogens with one attached hydrogen (secondary N) is 2. The summed E-state index contributed by atoms with van der Waals surface area (Å²) in [6.45, 7) is 3.27. The van der Waals surface area contributed by atoms with Gasteiger partial charge in [0.25, 0.3) is 0 Å². The first-order valence-electron chi connectivity index (χ1n) is 3.72. The van der Waals surface area contributed by atoms with Crippen molar-refractivity contribution >= 4 is 11.9 Å². The van der Waals surface area contributed by atoms with Crippen LogP contribution < -0.4 is 16.6 Å².